The van der Waals surface area contributed by atoms with E-state index in [1.807, 2.05) is 12.1 Å². The molecule has 1 rings (SSSR count). The lowest BCUT2D eigenvalue weighted by molar-refractivity contribution is 0.201. The average molecular weight is 264 g/mol. The molecule has 1 N–H and O–H groups in total. The minimum Gasteiger partial charge on any atom is -0.491 e. The van der Waals surface area contributed by atoms with Crippen molar-refractivity contribution in [3.05, 3.63) is 29.8 Å². The van der Waals surface area contributed by atoms with Crippen LogP contribution in [0.2, 0.25) is 0 Å². The van der Waals surface area contributed by atoms with Gasteiger partial charge in [0.1, 0.15) is 12.4 Å². The molecule has 0 aromatic heterocycles. The first kappa shape index (κ1) is 16.0. The molecule has 0 bridgehead atoms. The molecule has 108 valence electrons. The molecule has 2 nitrogen and oxygen atoms in total. The van der Waals surface area contributed by atoms with Gasteiger partial charge in [-0.2, -0.15) is 0 Å². The first-order valence-electron chi connectivity index (χ1n) is 7.55. The quantitative estimate of drug-likeness (QED) is 0.642. The van der Waals surface area contributed by atoms with Crippen molar-refractivity contribution in [3.63, 3.8) is 0 Å². The highest BCUT2D eigenvalue weighted by Gasteiger charge is 1.97. The Morgan fingerprint density at radius 3 is 2.32 bits per heavy atom. The summed E-state index contributed by atoms with van der Waals surface area (Å²) in [6, 6.07) is 8.23. The Hall–Kier alpha value is -1.02. The van der Waals surface area contributed by atoms with E-state index < -0.39 is 0 Å². The lowest BCUT2D eigenvalue weighted by Gasteiger charge is -2.06. The Bertz CT molecular complexity index is 317. The highest BCUT2D eigenvalue weighted by atomic mass is 16.5. The van der Waals surface area contributed by atoms with Gasteiger partial charge in [-0.1, -0.05) is 51.7 Å². The van der Waals surface area contributed by atoms with Crippen LogP contribution in [-0.4, -0.2) is 18.3 Å². The molecule has 0 aliphatic rings. The summed E-state index contributed by atoms with van der Waals surface area (Å²) in [5.74, 6) is 1.68. The Kier molecular flexibility index (Phi) is 8.31. The van der Waals surface area contributed by atoms with E-state index >= 15 is 0 Å². The number of hydrogen-bond donors (Lipinski definition) is 1. The third-order valence-electron chi connectivity index (χ3n) is 3.28. The van der Waals surface area contributed by atoms with Gasteiger partial charge in [-0.3, -0.25) is 0 Å². The molecule has 0 unspecified atom stereocenters. The number of aliphatic hydroxyl groups excluding tert-OH is 1. The SMILES string of the molecule is CC(C)CCCCCCc1ccc(OCCO)cc1. The van der Waals surface area contributed by atoms with E-state index in [4.69, 9.17) is 9.84 Å². The van der Waals surface area contributed by atoms with Crippen molar-refractivity contribution < 1.29 is 9.84 Å². The molecule has 0 saturated carbocycles. The molecule has 0 atom stereocenters. The minimum absolute atomic E-state index is 0.0676. The number of benzene rings is 1. The van der Waals surface area contributed by atoms with E-state index in [1.165, 1.54) is 37.7 Å². The highest BCUT2D eigenvalue weighted by molar-refractivity contribution is 5.27. The first-order chi connectivity index (χ1) is 9.22. The lowest BCUT2D eigenvalue weighted by atomic mass is 10.0. The van der Waals surface area contributed by atoms with Crippen molar-refractivity contribution >= 4 is 0 Å². The van der Waals surface area contributed by atoms with Gasteiger partial charge in [-0.05, 0) is 36.5 Å². The summed E-state index contributed by atoms with van der Waals surface area (Å²) in [5, 5.41) is 8.68. The molecule has 0 aliphatic heterocycles. The summed E-state index contributed by atoms with van der Waals surface area (Å²) < 4.78 is 5.34. The zero-order chi connectivity index (χ0) is 13.9. The van der Waals surface area contributed by atoms with E-state index in [9.17, 15) is 0 Å². The number of aliphatic hydroxyl groups is 1. The average Bonchev–Trinajstić information content (AvgIpc) is 2.41. The van der Waals surface area contributed by atoms with E-state index in [2.05, 4.69) is 26.0 Å². The number of unbranched alkanes of at least 4 members (excludes halogenated alkanes) is 3. The van der Waals surface area contributed by atoms with E-state index in [0.29, 0.717) is 6.61 Å². The van der Waals surface area contributed by atoms with Gasteiger partial charge in [0, 0.05) is 0 Å². The van der Waals surface area contributed by atoms with Crippen LogP contribution in [0.3, 0.4) is 0 Å². The van der Waals surface area contributed by atoms with Gasteiger partial charge < -0.3 is 9.84 Å². The maximum atomic E-state index is 8.68. The molecule has 19 heavy (non-hydrogen) atoms. The van der Waals surface area contributed by atoms with Crippen molar-refractivity contribution in [1.29, 1.82) is 0 Å². The number of hydrogen-bond acceptors (Lipinski definition) is 2. The van der Waals surface area contributed by atoms with Gasteiger partial charge in [-0.25, -0.2) is 0 Å². The zero-order valence-electron chi connectivity index (χ0n) is 12.4. The summed E-state index contributed by atoms with van der Waals surface area (Å²) in [5.41, 5.74) is 1.38. The molecule has 0 heterocycles. The van der Waals surface area contributed by atoms with Crippen LogP contribution >= 0.6 is 0 Å². The van der Waals surface area contributed by atoms with E-state index in [-0.39, 0.29) is 6.61 Å². The van der Waals surface area contributed by atoms with Crippen molar-refractivity contribution in [2.24, 2.45) is 5.92 Å². The second-order valence-electron chi connectivity index (χ2n) is 5.56. The van der Waals surface area contributed by atoms with Gasteiger partial charge >= 0.3 is 0 Å². The van der Waals surface area contributed by atoms with Gasteiger partial charge in [0.05, 0.1) is 6.61 Å². The molecule has 0 saturated heterocycles. The normalized spacial score (nSPS) is 10.9. The maximum Gasteiger partial charge on any atom is 0.119 e. The van der Waals surface area contributed by atoms with Crippen LogP contribution in [-0.2, 0) is 6.42 Å². The van der Waals surface area contributed by atoms with Crippen LogP contribution in [0.5, 0.6) is 5.75 Å². The Morgan fingerprint density at radius 2 is 1.68 bits per heavy atom. The molecule has 0 aliphatic carbocycles. The molecule has 2 heteroatoms. The van der Waals surface area contributed by atoms with Crippen molar-refractivity contribution in [1.82, 2.24) is 0 Å². The molecule has 0 fully saturated rings. The van der Waals surface area contributed by atoms with Crippen LogP contribution in [0.1, 0.15) is 51.5 Å². The van der Waals surface area contributed by atoms with Crippen LogP contribution < -0.4 is 4.74 Å². The maximum absolute atomic E-state index is 8.68. The zero-order valence-corrected chi connectivity index (χ0v) is 12.4. The van der Waals surface area contributed by atoms with E-state index in [0.717, 1.165) is 18.1 Å². The predicted molar refractivity (Wildman–Crippen MR) is 80.6 cm³/mol. The van der Waals surface area contributed by atoms with Crippen molar-refractivity contribution in [2.45, 2.75) is 52.4 Å². The lowest BCUT2D eigenvalue weighted by Crippen LogP contribution is -2.01. The molecule has 1 aromatic carbocycles. The van der Waals surface area contributed by atoms with Gasteiger partial charge in [-0.15, -0.1) is 0 Å². The Morgan fingerprint density at radius 1 is 1.00 bits per heavy atom. The highest BCUT2D eigenvalue weighted by Crippen LogP contribution is 2.15. The number of ether oxygens (including phenoxy) is 1. The van der Waals surface area contributed by atoms with Crippen molar-refractivity contribution in [2.75, 3.05) is 13.2 Å². The smallest absolute Gasteiger partial charge is 0.119 e. The number of aryl methyl sites for hydroxylation is 1. The Balaban J connectivity index is 2.12. The summed E-state index contributed by atoms with van der Waals surface area (Å²) in [4.78, 5) is 0. The summed E-state index contributed by atoms with van der Waals surface area (Å²) in [6.07, 6.45) is 7.84. The van der Waals surface area contributed by atoms with Gasteiger partial charge in [0.15, 0.2) is 0 Å². The fraction of sp³-hybridized carbons (Fsp3) is 0.647. The van der Waals surface area contributed by atoms with Gasteiger partial charge in [0.25, 0.3) is 0 Å². The van der Waals surface area contributed by atoms with E-state index in [1.54, 1.807) is 0 Å². The second kappa shape index (κ2) is 9.85. The molecule has 0 amide bonds. The monoisotopic (exact) mass is 264 g/mol. The fourth-order valence-electron chi connectivity index (χ4n) is 2.15. The predicted octanol–water partition coefficient (Wildman–Crippen LogP) is 4.21. The molecule has 0 radical (unpaired) electrons. The molecule has 1 aromatic rings. The minimum atomic E-state index is 0.0676. The molecular weight excluding hydrogens is 236 g/mol. The first-order valence-corrected chi connectivity index (χ1v) is 7.55. The van der Waals surface area contributed by atoms with Crippen molar-refractivity contribution in [3.8, 4) is 5.75 Å². The van der Waals surface area contributed by atoms with Crippen LogP contribution in [0.4, 0.5) is 0 Å². The fourth-order valence-corrected chi connectivity index (χ4v) is 2.15. The van der Waals surface area contributed by atoms with Crippen LogP contribution in [0, 0.1) is 5.92 Å². The molecular formula is C17H28O2. The topological polar surface area (TPSA) is 29.5 Å². The second-order valence-corrected chi connectivity index (χ2v) is 5.56. The largest absolute Gasteiger partial charge is 0.491 e. The Labute approximate surface area is 117 Å². The summed E-state index contributed by atoms with van der Waals surface area (Å²) in [7, 11) is 0. The molecule has 0 spiro atoms. The summed E-state index contributed by atoms with van der Waals surface area (Å²) >= 11 is 0. The van der Waals surface area contributed by atoms with Crippen LogP contribution in [0.25, 0.3) is 0 Å². The summed E-state index contributed by atoms with van der Waals surface area (Å²) in [6.45, 7) is 5.02. The number of rotatable bonds is 10. The van der Waals surface area contributed by atoms with Gasteiger partial charge in [0.2, 0.25) is 0 Å². The standard InChI is InChI=1S/C17H28O2/c1-15(2)7-5-3-4-6-8-16-9-11-17(12-10-16)19-14-13-18/h9-12,15,18H,3-8,13-14H2,1-2H3. The third kappa shape index (κ3) is 7.89. The van der Waals surface area contributed by atoms with Crippen LogP contribution in [0.15, 0.2) is 24.3 Å². The third-order valence-corrected chi connectivity index (χ3v) is 3.28.